The van der Waals surface area contributed by atoms with Crippen LogP contribution in [0.3, 0.4) is 0 Å². The van der Waals surface area contributed by atoms with Crippen molar-refractivity contribution in [2.24, 2.45) is 5.73 Å². The van der Waals surface area contributed by atoms with Crippen LogP contribution in [0.4, 0.5) is 35.1 Å². The second-order valence-electron chi connectivity index (χ2n) is 16.9. The Morgan fingerprint density at radius 2 is 0.741 bits per heavy atom. The number of Topliss-reactive ketones (excluding diaryl/α,β-unsaturated/α-hetero) is 3. The summed E-state index contributed by atoms with van der Waals surface area (Å²) in [7, 11) is 0. The molecule has 7 N–H and O–H groups in total. The summed E-state index contributed by atoms with van der Waals surface area (Å²) in [6, 6.07) is 37.7. The smallest absolute Gasteiger partial charge is 0.277 e. The average molecular weight is 1270 g/mol. The van der Waals surface area contributed by atoms with Crippen molar-refractivity contribution in [3.63, 3.8) is 0 Å². The molecule has 0 aliphatic heterocycles. The molecule has 2 heterocycles. The molecule has 0 unspecified atom stereocenters. The average Bonchev–Trinajstić information content (AvgIpc) is 4.18. The Bertz CT molecular complexity index is 3770. The summed E-state index contributed by atoms with van der Waals surface area (Å²) in [5.41, 5.74) is 7.73. The van der Waals surface area contributed by atoms with Gasteiger partial charge in [-0.25, -0.2) is 45.1 Å². The zero-order valence-corrected chi connectivity index (χ0v) is 47.4. The van der Waals surface area contributed by atoms with E-state index in [1.54, 1.807) is 22.9 Å². The minimum Gasteiger partial charge on any atom is -0.454 e. The van der Waals surface area contributed by atoms with Gasteiger partial charge in [-0.2, -0.15) is 0 Å². The van der Waals surface area contributed by atoms with Crippen LogP contribution < -0.4 is 30.8 Å². The summed E-state index contributed by atoms with van der Waals surface area (Å²) >= 11 is 5.32. The van der Waals surface area contributed by atoms with Crippen LogP contribution in [0.2, 0.25) is 0 Å². The fraction of sp³-hybridized carbons (Fsp3) is 0.0492. The topological polar surface area (TPSA) is 224 Å². The second-order valence-corrected chi connectivity index (χ2v) is 19.2. The predicted molar refractivity (Wildman–Crippen MR) is 309 cm³/mol. The van der Waals surface area contributed by atoms with E-state index in [1.165, 1.54) is 171 Å². The highest BCUT2D eigenvalue weighted by Crippen LogP contribution is 2.33. The van der Waals surface area contributed by atoms with Crippen molar-refractivity contribution in [3.05, 3.63) is 248 Å². The highest BCUT2D eigenvalue weighted by Gasteiger charge is 2.16. The number of aromatic nitrogens is 2. The molecule has 10 aromatic rings. The van der Waals surface area contributed by atoms with Gasteiger partial charge >= 0.3 is 0 Å². The molecule has 0 radical (unpaired) electrons. The van der Waals surface area contributed by atoms with Crippen molar-refractivity contribution >= 4 is 61.9 Å². The van der Waals surface area contributed by atoms with Crippen LogP contribution >= 0.6 is 38.6 Å². The number of rotatable bonds is 15. The van der Waals surface area contributed by atoms with Gasteiger partial charge in [-0.15, -0.1) is 22.7 Å². The van der Waals surface area contributed by atoms with Crippen LogP contribution in [0.5, 0.6) is 46.0 Å². The molecule has 0 aliphatic rings. The van der Waals surface area contributed by atoms with E-state index in [1.807, 2.05) is 0 Å². The number of carbonyl (C=O) groups excluding carboxylic acids is 4. The Labute approximate surface area is 495 Å². The second kappa shape index (κ2) is 31.3. The van der Waals surface area contributed by atoms with Gasteiger partial charge in [0.2, 0.25) is 0 Å². The van der Waals surface area contributed by atoms with E-state index < -0.39 is 52.4 Å². The lowest BCUT2D eigenvalue weighted by Gasteiger charge is -2.07. The molecule has 1 amide bonds. The number of carbonyl (C=O) groups is 4. The Hall–Kier alpha value is -9.46. The maximum absolute atomic E-state index is 14.2. The van der Waals surface area contributed by atoms with Crippen molar-refractivity contribution in [2.45, 2.75) is 13.8 Å². The van der Waals surface area contributed by atoms with E-state index in [0.717, 1.165) is 23.5 Å². The van der Waals surface area contributed by atoms with Crippen LogP contribution in [0.1, 0.15) is 54.2 Å². The predicted octanol–water partition coefficient (Wildman–Crippen LogP) is 16.7. The first-order valence-electron chi connectivity index (χ1n) is 24.0. The van der Waals surface area contributed by atoms with Gasteiger partial charge in [0.25, 0.3) is 5.91 Å². The number of amides is 1. The Morgan fingerprint density at radius 3 is 1.02 bits per heavy atom. The van der Waals surface area contributed by atoms with E-state index >= 15 is 0 Å². The van der Waals surface area contributed by atoms with Crippen LogP contribution in [-0.2, 0) is 0 Å². The molecule has 0 saturated carbocycles. The summed E-state index contributed by atoms with van der Waals surface area (Å²) in [4.78, 5) is 52.9. The molecule has 0 aliphatic carbocycles. The van der Waals surface area contributed by atoms with Crippen molar-refractivity contribution in [1.82, 2.24) is 16.1 Å². The molecule has 0 fully saturated rings. The molecule has 10 rings (SSSR count). The molecule has 85 heavy (non-hydrogen) atoms. The zero-order valence-electron chi connectivity index (χ0n) is 44.2. The van der Waals surface area contributed by atoms with Crippen LogP contribution in [0.15, 0.2) is 181 Å². The van der Waals surface area contributed by atoms with Gasteiger partial charge in [-0.05, 0) is 177 Å². The summed E-state index contributed by atoms with van der Waals surface area (Å²) in [5, 5.41) is 3.99. The molecule has 0 atom stereocenters. The zero-order chi connectivity index (χ0) is 59.7. The third-order valence-corrected chi connectivity index (χ3v) is 13.2. The molecule has 24 heteroatoms. The van der Waals surface area contributed by atoms with E-state index in [4.69, 9.17) is 24.7 Å². The monoisotopic (exact) mass is 1270 g/mol. The summed E-state index contributed by atoms with van der Waals surface area (Å²) in [6.45, 7) is 2.79. The molecule has 2 aromatic heterocycles. The first kappa shape index (κ1) is 66.3. The van der Waals surface area contributed by atoms with Crippen molar-refractivity contribution in [3.8, 4) is 68.5 Å². The van der Waals surface area contributed by atoms with Gasteiger partial charge in [-0.1, -0.05) is 15.9 Å². The van der Waals surface area contributed by atoms with Crippen LogP contribution in [0, 0.1) is 46.5 Å². The molecule has 0 saturated heterocycles. The van der Waals surface area contributed by atoms with E-state index in [-0.39, 0.29) is 73.4 Å². The third kappa shape index (κ3) is 19.3. The summed E-state index contributed by atoms with van der Waals surface area (Å²) in [5.74, 6) is -3.89. The summed E-state index contributed by atoms with van der Waals surface area (Å²) in [6.07, 6.45) is 0. The quantitative estimate of drug-likeness (QED) is 0.0558. The molecular formula is C61H45BrF8N4O9S2. The number of ether oxygens (including phenoxy) is 4. The fourth-order valence-electron chi connectivity index (χ4n) is 6.73. The lowest BCUT2D eigenvalue weighted by molar-refractivity contribution is 0.0994. The number of primary amides is 1. The SMILES string of the molecule is CC(=O)c1ccc(Oc2ccc(F)cc2)c(F)c1.CC(=O)c1nc(-c2ccc(Oc3ccc(F)cc3)c(F)c2)cs1.N.NC(=O)c1nc(-c2ccc(Oc3ccc(F)cc3)c(F)c2)cs1.O.O=C(CBr)c1ccc(Oc2ccc(F)cc2)c(F)c1. The number of halogens is 9. The highest BCUT2D eigenvalue weighted by atomic mass is 79.9. The number of ketones is 3. The number of hydrogen-bond donors (Lipinski definition) is 2. The largest absolute Gasteiger partial charge is 0.454 e. The lowest BCUT2D eigenvalue weighted by Crippen LogP contribution is -2.10. The number of alkyl halides is 1. The number of nitrogens with zero attached hydrogens (tertiary/aromatic N) is 2. The van der Waals surface area contributed by atoms with E-state index in [9.17, 15) is 54.3 Å². The number of benzene rings is 8. The third-order valence-electron chi connectivity index (χ3n) is 10.9. The van der Waals surface area contributed by atoms with Crippen molar-refractivity contribution in [1.29, 1.82) is 0 Å². The summed E-state index contributed by atoms with van der Waals surface area (Å²) < 4.78 is 128. The van der Waals surface area contributed by atoms with Gasteiger partial charge in [0.05, 0.1) is 16.7 Å². The van der Waals surface area contributed by atoms with Crippen LogP contribution in [0.25, 0.3) is 22.5 Å². The Morgan fingerprint density at radius 1 is 0.435 bits per heavy atom. The van der Waals surface area contributed by atoms with E-state index in [2.05, 4.69) is 25.9 Å². The maximum atomic E-state index is 14.2. The molecule has 0 spiro atoms. The minimum atomic E-state index is -0.642. The van der Waals surface area contributed by atoms with E-state index in [0.29, 0.717) is 50.5 Å². The van der Waals surface area contributed by atoms with Gasteiger partial charge in [-0.3, -0.25) is 19.2 Å². The van der Waals surface area contributed by atoms with Crippen molar-refractivity contribution in [2.75, 3.05) is 5.33 Å². The maximum Gasteiger partial charge on any atom is 0.277 e. The molecule has 0 bridgehead atoms. The first-order valence-corrected chi connectivity index (χ1v) is 26.8. The lowest BCUT2D eigenvalue weighted by atomic mass is 10.1. The minimum absolute atomic E-state index is 0. The van der Waals surface area contributed by atoms with Gasteiger partial charge < -0.3 is 36.3 Å². The van der Waals surface area contributed by atoms with Gasteiger partial charge in [0, 0.05) is 39.9 Å². The number of thiazole rings is 2. The normalized spacial score (nSPS) is 10.2. The van der Waals surface area contributed by atoms with Gasteiger partial charge in [0.1, 0.15) is 46.3 Å². The Kier molecular flexibility index (Phi) is 24.4. The van der Waals surface area contributed by atoms with Gasteiger partial charge in [0.15, 0.2) is 73.6 Å². The standard InChI is InChI=1S/C17H11F2NO2S.C16H10F2N2O2S.C14H9BrF2O2.C14H10F2O2.H3N.H2O/c1-10(21)17-20-15(9-23-17)11-2-7-16(14(19)8-11)22-13-5-3-12(18)4-6-13;17-10-2-4-11(5-3-10)22-14-6-1-9(7-12(14)18)13-8-23-16(20-13)15(19)21;15-8-13(18)9-1-6-14(12(17)7-9)19-11-4-2-10(16)3-5-11;1-9(17)10-2-7-14(13(16)8-10)18-12-5-3-11(15)4-6-12;;/h2-9H,1H3;1-8H,(H2,19,21);1-7H,8H2;2-8H,1H3;1H3;1H2. The van der Waals surface area contributed by atoms with Crippen LogP contribution in [-0.4, -0.2) is 44.0 Å². The molecule has 438 valence electrons. The Balaban J connectivity index is 0.000000207. The molecular weight excluding hydrogens is 1230 g/mol. The molecule has 8 aromatic carbocycles. The number of nitrogens with two attached hydrogens (primary N) is 1. The number of hydrogen-bond acceptors (Lipinski definition) is 13. The highest BCUT2D eigenvalue weighted by molar-refractivity contribution is 9.09. The van der Waals surface area contributed by atoms with Crippen molar-refractivity contribution < 1.29 is 78.7 Å². The fourth-order valence-corrected chi connectivity index (χ4v) is 8.46. The molecule has 13 nitrogen and oxygen atoms in total. The first-order chi connectivity index (χ1) is 39.7.